The Labute approximate surface area is 147 Å². The van der Waals surface area contributed by atoms with Crippen LogP contribution in [0.15, 0.2) is 60.3 Å². The smallest absolute Gasteiger partial charge is 0.356 e. The van der Waals surface area contributed by atoms with Crippen LogP contribution in [-0.2, 0) is 16.0 Å². The number of carbonyl (C=O) groups is 1. The number of aryl methyl sites for hydroxylation is 1. The SMILES string of the molecule is CCOC(=O)C1=C(c2ccccc2)SCN1c1ccc(CC)cc1. The third kappa shape index (κ3) is 3.34. The summed E-state index contributed by atoms with van der Waals surface area (Å²) in [7, 11) is 0. The molecule has 124 valence electrons. The fourth-order valence-electron chi connectivity index (χ4n) is 2.71. The molecule has 0 saturated carbocycles. The Balaban J connectivity index is 2.02. The van der Waals surface area contributed by atoms with Gasteiger partial charge in [0.15, 0.2) is 0 Å². The Morgan fingerprint density at radius 2 is 1.79 bits per heavy atom. The Morgan fingerprint density at radius 1 is 1.08 bits per heavy atom. The predicted molar refractivity (Wildman–Crippen MR) is 101 cm³/mol. The molecule has 0 aliphatic carbocycles. The second-order valence-corrected chi connectivity index (χ2v) is 6.44. The van der Waals surface area contributed by atoms with Crippen LogP contribution < -0.4 is 4.90 Å². The van der Waals surface area contributed by atoms with Crippen molar-refractivity contribution < 1.29 is 9.53 Å². The van der Waals surface area contributed by atoms with Gasteiger partial charge in [0.1, 0.15) is 5.70 Å². The minimum absolute atomic E-state index is 0.263. The molecule has 2 aromatic rings. The molecular weight excluding hydrogens is 318 g/mol. The molecule has 0 amide bonds. The minimum Gasteiger partial charge on any atom is -0.461 e. The van der Waals surface area contributed by atoms with Crippen molar-refractivity contribution in [2.24, 2.45) is 0 Å². The van der Waals surface area contributed by atoms with Crippen LogP contribution in [0, 0.1) is 0 Å². The van der Waals surface area contributed by atoms with Crippen LogP contribution >= 0.6 is 11.8 Å². The lowest BCUT2D eigenvalue weighted by molar-refractivity contribution is -0.138. The number of nitrogens with zero attached hydrogens (tertiary/aromatic N) is 1. The molecule has 0 unspecified atom stereocenters. The van der Waals surface area contributed by atoms with Crippen LogP contribution in [0.1, 0.15) is 25.0 Å². The van der Waals surface area contributed by atoms with E-state index in [1.54, 1.807) is 11.8 Å². The number of benzene rings is 2. The van der Waals surface area contributed by atoms with Crippen molar-refractivity contribution in [1.82, 2.24) is 0 Å². The van der Waals surface area contributed by atoms with Crippen LogP contribution in [0.25, 0.3) is 4.91 Å². The first-order valence-electron chi connectivity index (χ1n) is 8.20. The highest BCUT2D eigenvalue weighted by atomic mass is 32.2. The van der Waals surface area contributed by atoms with E-state index in [1.165, 1.54) is 5.56 Å². The van der Waals surface area contributed by atoms with Crippen LogP contribution in [0.4, 0.5) is 5.69 Å². The molecule has 24 heavy (non-hydrogen) atoms. The van der Waals surface area contributed by atoms with E-state index in [0.29, 0.717) is 18.2 Å². The Bertz CT molecular complexity index is 738. The third-order valence-corrected chi connectivity index (χ3v) is 5.09. The van der Waals surface area contributed by atoms with Gasteiger partial charge in [0.05, 0.1) is 12.5 Å². The minimum atomic E-state index is -0.263. The Kier molecular flexibility index (Phi) is 5.26. The molecule has 3 nitrogen and oxygen atoms in total. The van der Waals surface area contributed by atoms with Crippen LogP contribution in [0.2, 0.25) is 0 Å². The maximum atomic E-state index is 12.6. The number of carbonyl (C=O) groups excluding carboxylic acids is 1. The van der Waals surface area contributed by atoms with Crippen molar-refractivity contribution in [2.45, 2.75) is 20.3 Å². The first kappa shape index (κ1) is 16.7. The second kappa shape index (κ2) is 7.58. The Morgan fingerprint density at radius 3 is 2.42 bits per heavy atom. The summed E-state index contributed by atoms with van der Waals surface area (Å²) in [5.74, 6) is 0.449. The quantitative estimate of drug-likeness (QED) is 0.739. The molecular formula is C20H21NO2S. The van der Waals surface area contributed by atoms with Crippen LogP contribution in [0.5, 0.6) is 0 Å². The first-order valence-corrected chi connectivity index (χ1v) is 9.19. The van der Waals surface area contributed by atoms with E-state index in [2.05, 4.69) is 31.2 Å². The highest BCUT2D eigenvalue weighted by Gasteiger charge is 2.31. The summed E-state index contributed by atoms with van der Waals surface area (Å²) in [4.78, 5) is 15.6. The summed E-state index contributed by atoms with van der Waals surface area (Å²) in [6.45, 7) is 4.35. The van der Waals surface area contributed by atoms with Gasteiger partial charge in [-0.05, 0) is 36.6 Å². The molecule has 0 saturated heterocycles. The van der Waals surface area contributed by atoms with Crippen molar-refractivity contribution in [2.75, 3.05) is 17.4 Å². The molecule has 4 heteroatoms. The molecule has 0 fully saturated rings. The summed E-state index contributed by atoms with van der Waals surface area (Å²) in [6.07, 6.45) is 1.00. The summed E-state index contributed by atoms with van der Waals surface area (Å²) in [5, 5.41) is 0. The summed E-state index contributed by atoms with van der Waals surface area (Å²) < 4.78 is 5.32. The molecule has 0 radical (unpaired) electrons. The van der Waals surface area contributed by atoms with Crippen LogP contribution in [0.3, 0.4) is 0 Å². The van der Waals surface area contributed by atoms with E-state index in [0.717, 1.165) is 22.6 Å². The van der Waals surface area contributed by atoms with Crippen molar-refractivity contribution in [3.63, 3.8) is 0 Å². The molecule has 1 aliphatic rings. The van der Waals surface area contributed by atoms with Crippen molar-refractivity contribution in [1.29, 1.82) is 0 Å². The molecule has 0 atom stereocenters. The van der Waals surface area contributed by atoms with Gasteiger partial charge in [-0.3, -0.25) is 0 Å². The largest absolute Gasteiger partial charge is 0.461 e. The standard InChI is InChI=1S/C20H21NO2S/c1-3-15-10-12-17(13-11-15)21-14-24-19(16-8-6-5-7-9-16)18(21)20(22)23-4-2/h5-13H,3-4,14H2,1-2H3. The number of hydrogen-bond donors (Lipinski definition) is 0. The number of hydrogen-bond acceptors (Lipinski definition) is 4. The van der Waals surface area contributed by atoms with Gasteiger partial charge in [-0.15, -0.1) is 11.8 Å². The lowest BCUT2D eigenvalue weighted by atomic mass is 10.1. The van der Waals surface area contributed by atoms with E-state index in [9.17, 15) is 4.79 Å². The number of thioether (sulfide) groups is 1. The summed E-state index contributed by atoms with van der Waals surface area (Å²) in [5.41, 5.74) is 4.00. The third-order valence-electron chi connectivity index (χ3n) is 3.98. The number of rotatable bonds is 5. The molecule has 1 aliphatic heterocycles. The molecule has 0 aromatic heterocycles. The van der Waals surface area contributed by atoms with E-state index in [-0.39, 0.29) is 5.97 Å². The maximum absolute atomic E-state index is 12.6. The molecule has 2 aromatic carbocycles. The topological polar surface area (TPSA) is 29.5 Å². The van der Waals surface area contributed by atoms with Gasteiger partial charge < -0.3 is 9.64 Å². The fraction of sp³-hybridized carbons (Fsp3) is 0.250. The molecule has 0 N–H and O–H groups in total. The fourth-order valence-corrected chi connectivity index (χ4v) is 3.88. The van der Waals surface area contributed by atoms with E-state index < -0.39 is 0 Å². The van der Waals surface area contributed by atoms with Gasteiger partial charge in [0, 0.05) is 10.6 Å². The van der Waals surface area contributed by atoms with Gasteiger partial charge in [0.2, 0.25) is 0 Å². The maximum Gasteiger partial charge on any atom is 0.356 e. The predicted octanol–water partition coefficient (Wildman–Crippen LogP) is 4.69. The molecule has 1 heterocycles. The average molecular weight is 339 g/mol. The van der Waals surface area contributed by atoms with Gasteiger partial charge in [0.25, 0.3) is 0 Å². The zero-order valence-corrected chi connectivity index (χ0v) is 14.8. The highest BCUT2D eigenvalue weighted by molar-refractivity contribution is 8.08. The van der Waals surface area contributed by atoms with Gasteiger partial charge in [-0.1, -0.05) is 49.4 Å². The second-order valence-electron chi connectivity index (χ2n) is 5.49. The zero-order valence-electron chi connectivity index (χ0n) is 14.0. The molecule has 0 spiro atoms. The van der Waals surface area contributed by atoms with Crippen LogP contribution in [-0.4, -0.2) is 18.5 Å². The summed E-state index contributed by atoms with van der Waals surface area (Å²) >= 11 is 1.68. The monoisotopic (exact) mass is 339 g/mol. The number of esters is 1. The average Bonchev–Trinajstić information content (AvgIpc) is 3.08. The first-order chi connectivity index (χ1) is 11.7. The zero-order chi connectivity index (χ0) is 16.9. The molecule has 0 bridgehead atoms. The summed E-state index contributed by atoms with van der Waals surface area (Å²) in [6, 6.07) is 18.4. The number of ether oxygens (including phenoxy) is 1. The van der Waals surface area contributed by atoms with Crippen molar-refractivity contribution >= 4 is 28.3 Å². The lowest BCUT2D eigenvalue weighted by Crippen LogP contribution is -2.25. The van der Waals surface area contributed by atoms with E-state index in [1.807, 2.05) is 42.2 Å². The van der Waals surface area contributed by atoms with Crippen molar-refractivity contribution in [3.8, 4) is 0 Å². The highest BCUT2D eigenvalue weighted by Crippen LogP contribution is 2.42. The van der Waals surface area contributed by atoms with Crippen molar-refractivity contribution in [3.05, 3.63) is 71.4 Å². The molecule has 3 rings (SSSR count). The Hall–Kier alpha value is -2.20. The van der Waals surface area contributed by atoms with Gasteiger partial charge in [-0.2, -0.15) is 0 Å². The van der Waals surface area contributed by atoms with Gasteiger partial charge >= 0.3 is 5.97 Å². The lowest BCUT2D eigenvalue weighted by Gasteiger charge is -2.21. The van der Waals surface area contributed by atoms with E-state index >= 15 is 0 Å². The number of anilines is 1. The van der Waals surface area contributed by atoms with E-state index in [4.69, 9.17) is 4.74 Å². The normalized spacial score (nSPS) is 14.2. The van der Waals surface area contributed by atoms with Gasteiger partial charge in [-0.25, -0.2) is 4.79 Å².